The minimum Gasteiger partial charge on any atom is -0.359 e. The van der Waals surface area contributed by atoms with Crippen LogP contribution in [0.1, 0.15) is 68.6 Å². The topological polar surface area (TPSA) is 24.8 Å². The summed E-state index contributed by atoms with van der Waals surface area (Å²) in [6.07, 6.45) is 18.0. The van der Waals surface area contributed by atoms with Crippen molar-refractivity contribution in [2.45, 2.75) is 75.7 Å². The highest BCUT2D eigenvalue weighted by molar-refractivity contribution is 5.87. The zero-order valence-electron chi connectivity index (χ0n) is 19.7. The Morgan fingerprint density at radius 1 is 1.16 bits per heavy atom. The molecule has 1 saturated heterocycles. The number of ether oxygens (including phenoxy) is 1. The number of benzene rings is 1. The molecule has 3 aliphatic carbocycles. The fourth-order valence-corrected chi connectivity index (χ4v) is 8.12. The van der Waals surface area contributed by atoms with Gasteiger partial charge in [0.25, 0.3) is 0 Å². The molecule has 3 aliphatic heterocycles. The van der Waals surface area contributed by atoms with Gasteiger partial charge in [0.05, 0.1) is 17.7 Å². The van der Waals surface area contributed by atoms with Gasteiger partial charge < -0.3 is 9.64 Å². The van der Waals surface area contributed by atoms with Crippen LogP contribution in [0.3, 0.4) is 0 Å². The molecule has 32 heavy (non-hydrogen) atoms. The lowest BCUT2D eigenvalue weighted by Crippen LogP contribution is -2.54. The molecule has 7 rings (SSSR count). The predicted octanol–water partition coefficient (Wildman–Crippen LogP) is 5.70. The normalized spacial score (nSPS) is 40.9. The van der Waals surface area contributed by atoms with Crippen molar-refractivity contribution < 1.29 is 4.74 Å². The van der Waals surface area contributed by atoms with Crippen molar-refractivity contribution in [3.63, 3.8) is 0 Å². The van der Waals surface area contributed by atoms with E-state index in [1.165, 1.54) is 53.5 Å². The monoisotopic (exact) mass is 426 g/mol. The Morgan fingerprint density at radius 3 is 2.94 bits per heavy atom. The molecule has 1 saturated carbocycles. The first-order valence-corrected chi connectivity index (χ1v) is 12.6. The zero-order chi connectivity index (χ0) is 21.7. The van der Waals surface area contributed by atoms with Crippen LogP contribution in [0.5, 0.6) is 0 Å². The van der Waals surface area contributed by atoms with E-state index in [1.54, 1.807) is 5.57 Å². The first kappa shape index (κ1) is 19.5. The summed E-state index contributed by atoms with van der Waals surface area (Å²) in [5.41, 5.74) is 8.70. The summed E-state index contributed by atoms with van der Waals surface area (Å²) in [5.74, 6) is 0.531. The number of nitrogens with zero attached hydrogens (tertiary/aromatic N) is 2. The van der Waals surface area contributed by atoms with E-state index in [0.29, 0.717) is 12.0 Å². The average molecular weight is 427 g/mol. The molecule has 6 aliphatic rings. The van der Waals surface area contributed by atoms with Crippen LogP contribution in [-0.2, 0) is 11.3 Å². The average Bonchev–Trinajstić information content (AvgIpc) is 3.47. The third kappa shape index (κ3) is 2.37. The van der Waals surface area contributed by atoms with E-state index in [-0.39, 0.29) is 16.6 Å². The van der Waals surface area contributed by atoms with Crippen molar-refractivity contribution in [3.8, 4) is 0 Å². The molecule has 1 aromatic rings. The van der Waals surface area contributed by atoms with Gasteiger partial charge in [0.15, 0.2) is 0 Å². The van der Waals surface area contributed by atoms with Crippen LogP contribution in [-0.4, -0.2) is 42.5 Å². The number of aliphatic imine (C=N–C) groups is 1. The van der Waals surface area contributed by atoms with Gasteiger partial charge in [-0.3, -0.25) is 4.99 Å². The molecule has 0 radical (unpaired) electrons. The van der Waals surface area contributed by atoms with E-state index in [1.807, 2.05) is 6.21 Å². The maximum atomic E-state index is 7.38. The van der Waals surface area contributed by atoms with Crippen LogP contribution >= 0.6 is 0 Å². The number of allylic oxidation sites excluding steroid dienone is 3. The minimum absolute atomic E-state index is 0.0183. The van der Waals surface area contributed by atoms with Crippen molar-refractivity contribution in [1.82, 2.24) is 4.90 Å². The Balaban J connectivity index is 1.28. The quantitative estimate of drug-likeness (QED) is 0.606. The van der Waals surface area contributed by atoms with Gasteiger partial charge in [0, 0.05) is 23.6 Å². The van der Waals surface area contributed by atoms with Gasteiger partial charge in [-0.15, -0.1) is 0 Å². The number of rotatable bonds is 2. The minimum atomic E-state index is -0.0961. The van der Waals surface area contributed by atoms with Crippen LogP contribution < -0.4 is 0 Å². The molecule has 3 heterocycles. The number of fused-ring (bicyclic) bond motifs is 2. The van der Waals surface area contributed by atoms with Crippen molar-refractivity contribution in [3.05, 3.63) is 64.3 Å². The molecule has 5 atom stereocenters. The molecule has 0 N–H and O–H groups in total. The molecule has 3 nitrogen and oxygen atoms in total. The Morgan fingerprint density at radius 2 is 2.06 bits per heavy atom. The Labute approximate surface area is 191 Å². The zero-order valence-corrected chi connectivity index (χ0v) is 19.7. The van der Waals surface area contributed by atoms with Gasteiger partial charge in [0.1, 0.15) is 0 Å². The first-order chi connectivity index (χ1) is 15.4. The molecule has 0 amide bonds. The molecular weight excluding hydrogens is 392 g/mol. The van der Waals surface area contributed by atoms with Crippen molar-refractivity contribution >= 4 is 11.8 Å². The summed E-state index contributed by atoms with van der Waals surface area (Å²) < 4.78 is 7.38. The second-order valence-corrected chi connectivity index (χ2v) is 11.6. The van der Waals surface area contributed by atoms with E-state index < -0.39 is 0 Å². The maximum absolute atomic E-state index is 7.38. The van der Waals surface area contributed by atoms with E-state index in [2.05, 4.69) is 67.3 Å². The van der Waals surface area contributed by atoms with E-state index >= 15 is 0 Å². The van der Waals surface area contributed by atoms with E-state index in [4.69, 9.17) is 4.74 Å². The summed E-state index contributed by atoms with van der Waals surface area (Å²) in [7, 11) is 4.47. The Bertz CT molecular complexity index is 1140. The van der Waals surface area contributed by atoms with Gasteiger partial charge in [-0.25, -0.2) is 0 Å². The molecule has 3 heteroatoms. The van der Waals surface area contributed by atoms with E-state index in [0.717, 1.165) is 25.8 Å². The molecule has 2 fully saturated rings. The number of hydrogen-bond acceptors (Lipinski definition) is 3. The Kier molecular flexibility index (Phi) is 3.86. The third-order valence-electron chi connectivity index (χ3n) is 9.92. The van der Waals surface area contributed by atoms with Crippen LogP contribution in [0.2, 0.25) is 0 Å². The first-order valence-electron chi connectivity index (χ1n) is 12.6. The summed E-state index contributed by atoms with van der Waals surface area (Å²) in [6.45, 7) is 3.35. The SMILES string of the molecule is CN(C)[C@H]1CCC2=CC3=CC[C@]4(C)C(c5ccc6c(c5)C=NC6)=CC[C@H]4C34CC[C@]2(C1)O4. The third-order valence-corrected chi connectivity index (χ3v) is 9.92. The second kappa shape index (κ2) is 6.33. The van der Waals surface area contributed by atoms with Crippen molar-refractivity contribution in [2.75, 3.05) is 14.1 Å². The van der Waals surface area contributed by atoms with Crippen LogP contribution in [0.25, 0.3) is 5.57 Å². The lowest BCUT2D eigenvalue weighted by Gasteiger charge is -2.54. The van der Waals surface area contributed by atoms with E-state index in [9.17, 15) is 0 Å². The van der Waals surface area contributed by atoms with Crippen molar-refractivity contribution in [2.24, 2.45) is 16.3 Å². The second-order valence-electron chi connectivity index (χ2n) is 11.6. The van der Waals surface area contributed by atoms with Crippen LogP contribution in [0.4, 0.5) is 0 Å². The smallest absolute Gasteiger partial charge is 0.0980 e. The van der Waals surface area contributed by atoms with Gasteiger partial charge in [-0.2, -0.15) is 0 Å². The van der Waals surface area contributed by atoms with Gasteiger partial charge in [-0.05, 0) is 98.5 Å². The summed E-state index contributed by atoms with van der Waals surface area (Å²) in [4.78, 5) is 6.89. The number of hydrogen-bond donors (Lipinski definition) is 0. The molecular formula is C29H34N2O. The summed E-state index contributed by atoms with van der Waals surface area (Å²) in [6, 6.07) is 7.63. The Hall–Kier alpha value is -1.97. The van der Waals surface area contributed by atoms with Gasteiger partial charge in [0.2, 0.25) is 0 Å². The van der Waals surface area contributed by atoms with Crippen LogP contribution in [0.15, 0.2) is 52.6 Å². The van der Waals surface area contributed by atoms with Crippen LogP contribution in [0, 0.1) is 11.3 Å². The fourth-order valence-electron chi connectivity index (χ4n) is 8.12. The molecule has 2 spiro atoms. The lowest BCUT2D eigenvalue weighted by molar-refractivity contribution is -0.134. The molecule has 166 valence electrons. The molecule has 1 unspecified atom stereocenters. The largest absolute Gasteiger partial charge is 0.359 e. The predicted molar refractivity (Wildman–Crippen MR) is 130 cm³/mol. The summed E-state index contributed by atoms with van der Waals surface area (Å²) in [5, 5.41) is 0. The van der Waals surface area contributed by atoms with Crippen molar-refractivity contribution in [1.29, 1.82) is 0 Å². The standard InChI is InChI=1S/C29H34N2O/c1-27-11-10-23-15-22-6-7-24(31(2)3)16-28(22)12-13-29(23,32-28)26(27)9-8-25(27)19-4-5-20-17-30-18-21(20)14-19/h4-5,8,10,14-15,18,24,26H,6-7,9,11-13,16-17H2,1-3H3/t24-,26+,27+,28+,29?/m0/s1. The van der Waals surface area contributed by atoms with Gasteiger partial charge in [-0.1, -0.05) is 37.3 Å². The molecule has 1 aromatic carbocycles. The summed E-state index contributed by atoms with van der Waals surface area (Å²) >= 11 is 0. The lowest BCUT2D eigenvalue weighted by atomic mass is 9.58. The molecule has 0 aromatic heterocycles. The maximum Gasteiger partial charge on any atom is 0.0980 e. The highest BCUT2D eigenvalue weighted by Crippen LogP contribution is 2.67. The highest BCUT2D eigenvalue weighted by Gasteiger charge is 2.65. The van der Waals surface area contributed by atoms with Gasteiger partial charge >= 0.3 is 0 Å². The fraction of sp³-hybridized carbons (Fsp3) is 0.552. The molecule has 2 bridgehead atoms. The highest BCUT2D eigenvalue weighted by atomic mass is 16.5.